The van der Waals surface area contributed by atoms with E-state index in [1.54, 1.807) is 0 Å². The van der Waals surface area contributed by atoms with E-state index < -0.39 is 0 Å². The highest BCUT2D eigenvalue weighted by Crippen LogP contribution is 2.38. The van der Waals surface area contributed by atoms with E-state index in [0.29, 0.717) is 0 Å². The van der Waals surface area contributed by atoms with Crippen molar-refractivity contribution in [2.24, 2.45) is 0 Å². The standard InChI is InChI=1S/C16H24ClNS/c1-16(2,3)18-11-13-14(17)9-6-10-15(13)19-12-7-4-5-8-12/h6,9-10,12,18H,4-5,7-8,11H2,1-3H3. The minimum Gasteiger partial charge on any atom is -0.308 e. The third-order valence-electron chi connectivity index (χ3n) is 3.47. The molecule has 1 aromatic carbocycles. The Morgan fingerprint density at radius 2 is 1.95 bits per heavy atom. The fourth-order valence-corrected chi connectivity index (χ4v) is 4.07. The Balaban J connectivity index is 2.10. The molecular weight excluding hydrogens is 274 g/mol. The van der Waals surface area contributed by atoms with Crippen LogP contribution in [0.3, 0.4) is 0 Å². The first-order valence-corrected chi connectivity index (χ1v) is 8.40. The largest absolute Gasteiger partial charge is 0.308 e. The van der Waals surface area contributed by atoms with Crippen LogP contribution < -0.4 is 5.32 Å². The van der Waals surface area contributed by atoms with Gasteiger partial charge in [-0.3, -0.25) is 0 Å². The van der Waals surface area contributed by atoms with Crippen LogP contribution in [0.15, 0.2) is 23.1 Å². The van der Waals surface area contributed by atoms with Crippen molar-refractivity contribution >= 4 is 23.4 Å². The summed E-state index contributed by atoms with van der Waals surface area (Å²) in [5.41, 5.74) is 1.38. The van der Waals surface area contributed by atoms with E-state index in [4.69, 9.17) is 11.6 Å². The van der Waals surface area contributed by atoms with Gasteiger partial charge < -0.3 is 5.32 Å². The molecule has 0 heterocycles. The number of benzene rings is 1. The van der Waals surface area contributed by atoms with Crippen molar-refractivity contribution in [1.82, 2.24) is 5.32 Å². The number of nitrogens with one attached hydrogen (secondary N) is 1. The van der Waals surface area contributed by atoms with Crippen molar-refractivity contribution in [3.8, 4) is 0 Å². The van der Waals surface area contributed by atoms with Crippen molar-refractivity contribution in [3.05, 3.63) is 28.8 Å². The van der Waals surface area contributed by atoms with Gasteiger partial charge in [0, 0.05) is 27.3 Å². The third-order valence-corrected chi connectivity index (χ3v) is 5.26. The normalized spacial score (nSPS) is 17.1. The molecule has 0 amide bonds. The number of hydrogen-bond acceptors (Lipinski definition) is 2. The molecule has 1 aliphatic rings. The van der Waals surface area contributed by atoms with E-state index in [0.717, 1.165) is 16.8 Å². The first-order valence-electron chi connectivity index (χ1n) is 7.15. The summed E-state index contributed by atoms with van der Waals surface area (Å²) >= 11 is 8.41. The molecule has 0 radical (unpaired) electrons. The second-order valence-electron chi connectivity index (χ2n) is 6.34. The number of rotatable bonds is 4. The molecule has 1 nitrogen and oxygen atoms in total. The molecule has 1 aromatic rings. The first kappa shape index (κ1) is 15.2. The lowest BCUT2D eigenvalue weighted by atomic mass is 10.1. The monoisotopic (exact) mass is 297 g/mol. The van der Waals surface area contributed by atoms with Gasteiger partial charge in [0.1, 0.15) is 0 Å². The zero-order valence-corrected chi connectivity index (χ0v) is 13.7. The molecule has 0 aliphatic heterocycles. The lowest BCUT2D eigenvalue weighted by Crippen LogP contribution is -2.35. The summed E-state index contributed by atoms with van der Waals surface area (Å²) in [4.78, 5) is 1.36. The van der Waals surface area contributed by atoms with E-state index in [-0.39, 0.29) is 5.54 Å². The molecule has 106 valence electrons. The predicted octanol–water partition coefficient (Wildman–Crippen LogP) is 5.26. The fraction of sp³-hybridized carbons (Fsp3) is 0.625. The van der Waals surface area contributed by atoms with Crippen LogP contribution in [0.2, 0.25) is 5.02 Å². The Kier molecular flexibility index (Phi) is 5.22. The van der Waals surface area contributed by atoms with E-state index in [1.165, 1.54) is 36.1 Å². The highest BCUT2D eigenvalue weighted by molar-refractivity contribution is 8.00. The van der Waals surface area contributed by atoms with Gasteiger partial charge in [-0.25, -0.2) is 0 Å². The number of halogens is 1. The SMILES string of the molecule is CC(C)(C)NCc1c(Cl)cccc1SC1CCCC1. The average Bonchev–Trinajstić information content (AvgIpc) is 2.79. The zero-order chi connectivity index (χ0) is 13.9. The molecule has 0 atom stereocenters. The van der Waals surface area contributed by atoms with Crippen LogP contribution in [-0.2, 0) is 6.54 Å². The Bertz CT molecular complexity index is 419. The predicted molar refractivity (Wildman–Crippen MR) is 86.2 cm³/mol. The smallest absolute Gasteiger partial charge is 0.0462 e. The van der Waals surface area contributed by atoms with Crippen LogP contribution in [0, 0.1) is 0 Å². The fourth-order valence-electron chi connectivity index (χ4n) is 2.36. The second kappa shape index (κ2) is 6.51. The van der Waals surface area contributed by atoms with Gasteiger partial charge in [0.2, 0.25) is 0 Å². The van der Waals surface area contributed by atoms with Crippen LogP contribution in [0.1, 0.15) is 52.0 Å². The molecule has 2 rings (SSSR count). The average molecular weight is 298 g/mol. The Labute approximate surface area is 126 Å². The van der Waals surface area contributed by atoms with Crippen LogP contribution in [0.25, 0.3) is 0 Å². The van der Waals surface area contributed by atoms with E-state index in [1.807, 2.05) is 17.8 Å². The van der Waals surface area contributed by atoms with Gasteiger partial charge in [-0.1, -0.05) is 30.5 Å². The van der Waals surface area contributed by atoms with Crippen molar-refractivity contribution in [2.75, 3.05) is 0 Å². The third kappa shape index (κ3) is 4.70. The molecule has 19 heavy (non-hydrogen) atoms. The summed E-state index contributed by atoms with van der Waals surface area (Å²) < 4.78 is 0. The minimum absolute atomic E-state index is 0.120. The molecule has 0 aromatic heterocycles. The van der Waals surface area contributed by atoms with Gasteiger partial charge in [0.05, 0.1) is 0 Å². The van der Waals surface area contributed by atoms with Gasteiger partial charge in [0.15, 0.2) is 0 Å². The van der Waals surface area contributed by atoms with E-state index >= 15 is 0 Å². The molecule has 0 unspecified atom stereocenters. The molecule has 0 saturated heterocycles. The summed E-state index contributed by atoms with van der Waals surface area (Å²) in [7, 11) is 0. The minimum atomic E-state index is 0.120. The molecule has 1 N–H and O–H groups in total. The van der Waals surface area contributed by atoms with Crippen LogP contribution in [0.5, 0.6) is 0 Å². The maximum absolute atomic E-state index is 6.39. The number of hydrogen-bond donors (Lipinski definition) is 1. The van der Waals surface area contributed by atoms with Gasteiger partial charge in [-0.05, 0) is 51.3 Å². The molecule has 1 fully saturated rings. The highest BCUT2D eigenvalue weighted by Gasteiger charge is 2.19. The summed E-state index contributed by atoms with van der Waals surface area (Å²) in [5, 5.41) is 5.22. The van der Waals surface area contributed by atoms with Gasteiger partial charge in [-0.15, -0.1) is 11.8 Å². The second-order valence-corrected chi connectivity index (χ2v) is 8.09. The molecule has 0 spiro atoms. The number of thioether (sulfide) groups is 1. The van der Waals surface area contributed by atoms with Crippen LogP contribution in [0.4, 0.5) is 0 Å². The van der Waals surface area contributed by atoms with Gasteiger partial charge in [-0.2, -0.15) is 0 Å². The molecule has 3 heteroatoms. The Morgan fingerprint density at radius 3 is 2.58 bits per heavy atom. The molecule has 1 saturated carbocycles. The van der Waals surface area contributed by atoms with Crippen molar-refractivity contribution in [2.45, 2.75) is 68.7 Å². The summed E-state index contributed by atoms with van der Waals surface area (Å²) in [6, 6.07) is 6.29. The lowest BCUT2D eigenvalue weighted by Gasteiger charge is -2.22. The summed E-state index contributed by atoms with van der Waals surface area (Å²) in [5.74, 6) is 0. The highest BCUT2D eigenvalue weighted by atomic mass is 35.5. The lowest BCUT2D eigenvalue weighted by molar-refractivity contribution is 0.422. The van der Waals surface area contributed by atoms with Crippen LogP contribution in [-0.4, -0.2) is 10.8 Å². The van der Waals surface area contributed by atoms with Gasteiger partial charge >= 0.3 is 0 Å². The van der Waals surface area contributed by atoms with Crippen molar-refractivity contribution in [1.29, 1.82) is 0 Å². The quantitative estimate of drug-likeness (QED) is 0.813. The first-order chi connectivity index (χ1) is 8.96. The summed E-state index contributed by atoms with van der Waals surface area (Å²) in [6.07, 6.45) is 5.47. The van der Waals surface area contributed by atoms with Crippen molar-refractivity contribution in [3.63, 3.8) is 0 Å². The summed E-state index contributed by atoms with van der Waals surface area (Å²) in [6.45, 7) is 7.41. The van der Waals surface area contributed by atoms with Crippen molar-refractivity contribution < 1.29 is 0 Å². The Hall–Kier alpha value is -0.180. The van der Waals surface area contributed by atoms with Crippen LogP contribution >= 0.6 is 23.4 Å². The molecule has 1 aliphatic carbocycles. The maximum Gasteiger partial charge on any atom is 0.0462 e. The van der Waals surface area contributed by atoms with E-state index in [9.17, 15) is 0 Å². The maximum atomic E-state index is 6.39. The van der Waals surface area contributed by atoms with Gasteiger partial charge in [0.25, 0.3) is 0 Å². The zero-order valence-electron chi connectivity index (χ0n) is 12.1. The molecular formula is C16H24ClNS. The Morgan fingerprint density at radius 1 is 1.26 bits per heavy atom. The molecule has 0 bridgehead atoms. The topological polar surface area (TPSA) is 12.0 Å². The van der Waals surface area contributed by atoms with E-state index in [2.05, 4.69) is 38.2 Å².